The zero-order chi connectivity index (χ0) is 9.84. The number of aromatic hydroxyl groups is 1. The van der Waals surface area contributed by atoms with Crippen LogP contribution in [0.4, 0.5) is 0 Å². The fraction of sp³-hybridized carbons (Fsp3) is 0.200. The van der Waals surface area contributed by atoms with Crippen molar-refractivity contribution in [2.45, 2.75) is 6.04 Å². The van der Waals surface area contributed by atoms with E-state index in [4.69, 9.17) is 11.5 Å². The van der Waals surface area contributed by atoms with Gasteiger partial charge in [0.05, 0.1) is 0 Å². The SMILES string of the molecule is C=Cc1ccc(O)c([C@@H](N)CN)c1. The van der Waals surface area contributed by atoms with Gasteiger partial charge in [-0.2, -0.15) is 0 Å². The number of phenolic OH excluding ortho intramolecular Hbond substituents is 1. The molecule has 5 N–H and O–H groups in total. The second-order valence-corrected chi connectivity index (χ2v) is 2.86. The van der Waals surface area contributed by atoms with Crippen molar-refractivity contribution in [1.82, 2.24) is 0 Å². The first-order valence-corrected chi connectivity index (χ1v) is 4.10. The number of rotatable bonds is 3. The molecule has 1 rings (SSSR count). The number of phenols is 1. The van der Waals surface area contributed by atoms with Crippen molar-refractivity contribution in [2.75, 3.05) is 6.54 Å². The molecule has 0 saturated heterocycles. The Hall–Kier alpha value is -1.32. The first-order chi connectivity index (χ1) is 6.19. The lowest BCUT2D eigenvalue weighted by Gasteiger charge is -2.11. The van der Waals surface area contributed by atoms with Gasteiger partial charge < -0.3 is 16.6 Å². The number of nitrogens with two attached hydrogens (primary N) is 2. The quantitative estimate of drug-likeness (QED) is 0.646. The van der Waals surface area contributed by atoms with Gasteiger partial charge in [-0.15, -0.1) is 0 Å². The Bertz CT molecular complexity index is 310. The van der Waals surface area contributed by atoms with Gasteiger partial charge in [0.25, 0.3) is 0 Å². The predicted octanol–water partition coefficient (Wildman–Crippen LogP) is 0.994. The van der Waals surface area contributed by atoms with Crippen molar-refractivity contribution in [2.24, 2.45) is 11.5 Å². The first kappa shape index (κ1) is 9.77. The van der Waals surface area contributed by atoms with E-state index in [2.05, 4.69) is 6.58 Å². The highest BCUT2D eigenvalue weighted by molar-refractivity contribution is 5.52. The average Bonchev–Trinajstić information content (AvgIpc) is 2.17. The van der Waals surface area contributed by atoms with Gasteiger partial charge in [-0.05, 0) is 17.7 Å². The Morgan fingerprint density at radius 2 is 2.23 bits per heavy atom. The second-order valence-electron chi connectivity index (χ2n) is 2.86. The van der Waals surface area contributed by atoms with Crippen LogP contribution in [0.25, 0.3) is 6.08 Å². The molecule has 13 heavy (non-hydrogen) atoms. The molecule has 0 bridgehead atoms. The highest BCUT2D eigenvalue weighted by Crippen LogP contribution is 2.23. The largest absolute Gasteiger partial charge is 0.508 e. The van der Waals surface area contributed by atoms with Gasteiger partial charge in [0.2, 0.25) is 0 Å². The van der Waals surface area contributed by atoms with Crippen LogP contribution >= 0.6 is 0 Å². The van der Waals surface area contributed by atoms with Crippen LogP contribution in [0.2, 0.25) is 0 Å². The maximum absolute atomic E-state index is 9.46. The monoisotopic (exact) mass is 178 g/mol. The molecular formula is C10H14N2O. The lowest BCUT2D eigenvalue weighted by molar-refractivity contribution is 0.462. The van der Waals surface area contributed by atoms with E-state index in [1.165, 1.54) is 0 Å². The zero-order valence-corrected chi connectivity index (χ0v) is 7.40. The third-order valence-corrected chi connectivity index (χ3v) is 1.94. The molecule has 0 aliphatic carbocycles. The van der Waals surface area contributed by atoms with Crippen molar-refractivity contribution in [3.8, 4) is 5.75 Å². The molecule has 3 nitrogen and oxygen atoms in total. The highest BCUT2D eigenvalue weighted by atomic mass is 16.3. The summed E-state index contributed by atoms with van der Waals surface area (Å²) >= 11 is 0. The molecule has 1 aromatic rings. The maximum Gasteiger partial charge on any atom is 0.120 e. The normalized spacial score (nSPS) is 12.5. The van der Waals surface area contributed by atoms with E-state index < -0.39 is 0 Å². The molecule has 0 heterocycles. The lowest BCUT2D eigenvalue weighted by atomic mass is 10.0. The summed E-state index contributed by atoms with van der Waals surface area (Å²) < 4.78 is 0. The molecule has 1 aromatic carbocycles. The van der Waals surface area contributed by atoms with Gasteiger partial charge >= 0.3 is 0 Å². The second kappa shape index (κ2) is 4.07. The van der Waals surface area contributed by atoms with E-state index >= 15 is 0 Å². The minimum Gasteiger partial charge on any atom is -0.508 e. The standard InChI is InChI=1S/C10H14N2O/c1-2-7-3-4-10(13)8(5-7)9(12)6-11/h2-5,9,13H,1,6,11-12H2/t9-/m0/s1. The fourth-order valence-corrected chi connectivity index (χ4v) is 1.12. The van der Waals surface area contributed by atoms with Crippen molar-refractivity contribution < 1.29 is 5.11 Å². The Kier molecular flexibility index (Phi) is 3.06. The van der Waals surface area contributed by atoms with Gasteiger partial charge in [-0.1, -0.05) is 18.7 Å². The van der Waals surface area contributed by atoms with Gasteiger partial charge in [0, 0.05) is 18.2 Å². The molecule has 1 atom stereocenters. The summed E-state index contributed by atoms with van der Waals surface area (Å²) in [5.74, 6) is 0.184. The molecule has 70 valence electrons. The van der Waals surface area contributed by atoms with Crippen LogP contribution in [-0.4, -0.2) is 11.7 Å². The van der Waals surface area contributed by atoms with E-state index in [9.17, 15) is 5.11 Å². The van der Waals surface area contributed by atoms with Crippen LogP contribution in [0.5, 0.6) is 5.75 Å². The van der Waals surface area contributed by atoms with E-state index in [1.807, 2.05) is 0 Å². The zero-order valence-electron chi connectivity index (χ0n) is 7.40. The minimum absolute atomic E-state index is 0.184. The molecule has 0 radical (unpaired) electrons. The minimum atomic E-state index is -0.320. The fourth-order valence-electron chi connectivity index (χ4n) is 1.12. The average molecular weight is 178 g/mol. The van der Waals surface area contributed by atoms with E-state index in [0.29, 0.717) is 12.1 Å². The topological polar surface area (TPSA) is 72.3 Å². The molecule has 0 spiro atoms. The molecule has 0 aromatic heterocycles. The van der Waals surface area contributed by atoms with Gasteiger partial charge in [-0.3, -0.25) is 0 Å². The highest BCUT2D eigenvalue weighted by Gasteiger charge is 2.08. The Labute approximate surface area is 77.7 Å². The molecule has 0 amide bonds. The van der Waals surface area contributed by atoms with Crippen LogP contribution in [0.3, 0.4) is 0 Å². The third-order valence-electron chi connectivity index (χ3n) is 1.94. The van der Waals surface area contributed by atoms with Crippen LogP contribution in [0, 0.1) is 0 Å². The summed E-state index contributed by atoms with van der Waals surface area (Å²) in [6.07, 6.45) is 1.70. The molecule has 0 fully saturated rings. The lowest BCUT2D eigenvalue weighted by Crippen LogP contribution is -2.20. The van der Waals surface area contributed by atoms with Crippen molar-refractivity contribution in [3.63, 3.8) is 0 Å². The van der Waals surface area contributed by atoms with Gasteiger partial charge in [0.15, 0.2) is 0 Å². The van der Waals surface area contributed by atoms with Gasteiger partial charge in [-0.25, -0.2) is 0 Å². The summed E-state index contributed by atoms with van der Waals surface area (Å²) in [4.78, 5) is 0. The van der Waals surface area contributed by atoms with E-state index in [1.54, 1.807) is 24.3 Å². The molecule has 3 heteroatoms. The maximum atomic E-state index is 9.46. The smallest absolute Gasteiger partial charge is 0.120 e. The molecule has 0 unspecified atom stereocenters. The molecule has 0 aliphatic rings. The predicted molar refractivity (Wildman–Crippen MR) is 54.2 cm³/mol. The number of hydrogen-bond donors (Lipinski definition) is 3. The summed E-state index contributed by atoms with van der Waals surface area (Å²) in [6, 6.07) is 4.84. The van der Waals surface area contributed by atoms with Crippen LogP contribution in [-0.2, 0) is 0 Å². The Morgan fingerprint density at radius 1 is 1.54 bits per heavy atom. The third kappa shape index (κ3) is 2.08. The molecular weight excluding hydrogens is 164 g/mol. The molecule has 0 aliphatic heterocycles. The van der Waals surface area contributed by atoms with E-state index in [0.717, 1.165) is 5.56 Å². The molecule has 0 saturated carbocycles. The first-order valence-electron chi connectivity index (χ1n) is 4.10. The van der Waals surface area contributed by atoms with Crippen molar-refractivity contribution >= 4 is 6.08 Å². The number of benzene rings is 1. The van der Waals surface area contributed by atoms with Crippen molar-refractivity contribution in [1.29, 1.82) is 0 Å². The summed E-state index contributed by atoms with van der Waals surface area (Å²) in [7, 11) is 0. The van der Waals surface area contributed by atoms with Crippen LogP contribution in [0.1, 0.15) is 17.2 Å². The van der Waals surface area contributed by atoms with Crippen molar-refractivity contribution in [3.05, 3.63) is 35.9 Å². The summed E-state index contributed by atoms with van der Waals surface area (Å²) in [5, 5.41) is 9.46. The van der Waals surface area contributed by atoms with Gasteiger partial charge in [0.1, 0.15) is 5.75 Å². The summed E-state index contributed by atoms with van der Waals surface area (Å²) in [6.45, 7) is 3.95. The number of hydrogen-bond acceptors (Lipinski definition) is 3. The Morgan fingerprint density at radius 3 is 2.77 bits per heavy atom. The van der Waals surface area contributed by atoms with E-state index in [-0.39, 0.29) is 11.8 Å². The summed E-state index contributed by atoms with van der Waals surface area (Å²) in [5.41, 5.74) is 12.7. The van der Waals surface area contributed by atoms with Crippen LogP contribution in [0.15, 0.2) is 24.8 Å². The van der Waals surface area contributed by atoms with Crippen LogP contribution < -0.4 is 11.5 Å². The Balaban J connectivity index is 3.10.